The summed E-state index contributed by atoms with van der Waals surface area (Å²) in [5.74, 6) is -2.73. The number of anilines is 1. The number of hydrogen-bond acceptors (Lipinski definition) is 7. The van der Waals surface area contributed by atoms with Gasteiger partial charge in [0.1, 0.15) is 5.57 Å². The van der Waals surface area contributed by atoms with E-state index in [2.05, 4.69) is 5.32 Å². The van der Waals surface area contributed by atoms with Crippen LogP contribution in [0.1, 0.15) is 11.1 Å². The average Bonchev–Trinajstić information content (AvgIpc) is 2.67. The molecule has 1 fully saturated rings. The van der Waals surface area contributed by atoms with Gasteiger partial charge in [0.05, 0.1) is 17.7 Å². The minimum atomic E-state index is -0.946. The minimum absolute atomic E-state index is 0.0584. The number of phenols is 1. The van der Waals surface area contributed by atoms with Gasteiger partial charge in [-0.05, 0) is 36.8 Å². The van der Waals surface area contributed by atoms with Gasteiger partial charge >= 0.3 is 11.7 Å². The van der Waals surface area contributed by atoms with Crippen LogP contribution in [0.3, 0.4) is 0 Å². The normalized spacial score (nSPS) is 15.4. The van der Waals surface area contributed by atoms with Crippen LogP contribution in [-0.4, -0.2) is 35.0 Å². The van der Waals surface area contributed by atoms with Gasteiger partial charge in [0.15, 0.2) is 5.75 Å². The molecule has 0 atom stereocenters. The fourth-order valence-corrected chi connectivity index (χ4v) is 2.74. The smallest absolute Gasteiger partial charge is 0.335 e. The number of benzene rings is 2. The molecule has 0 unspecified atom stereocenters. The summed E-state index contributed by atoms with van der Waals surface area (Å²) < 4.78 is 4.90. The van der Waals surface area contributed by atoms with E-state index in [9.17, 15) is 29.6 Å². The Morgan fingerprint density at radius 3 is 2.41 bits per heavy atom. The monoisotopic (exact) mass is 397 g/mol. The van der Waals surface area contributed by atoms with Crippen molar-refractivity contribution in [3.63, 3.8) is 0 Å². The topological polar surface area (TPSA) is 139 Å². The van der Waals surface area contributed by atoms with Crippen LogP contribution in [0.25, 0.3) is 6.08 Å². The highest BCUT2D eigenvalue weighted by molar-refractivity contribution is 6.39. The zero-order valence-electron chi connectivity index (χ0n) is 15.3. The number of nitrogens with zero attached hydrogens (tertiary/aromatic N) is 2. The van der Waals surface area contributed by atoms with Gasteiger partial charge in [-0.25, -0.2) is 9.69 Å². The summed E-state index contributed by atoms with van der Waals surface area (Å²) in [6.07, 6.45) is 1.08. The molecular weight excluding hydrogens is 382 g/mol. The van der Waals surface area contributed by atoms with E-state index in [1.165, 1.54) is 13.2 Å². The molecule has 1 aliphatic rings. The molecule has 3 rings (SSSR count). The number of carbonyl (C=O) groups excluding carboxylic acids is 3. The zero-order chi connectivity index (χ0) is 21.3. The molecule has 2 N–H and O–H groups in total. The molecule has 1 aliphatic heterocycles. The number of aryl methyl sites for hydroxylation is 1. The number of aromatic hydroxyl groups is 1. The minimum Gasteiger partial charge on any atom is -0.500 e. The molecule has 10 nitrogen and oxygen atoms in total. The number of phenolic OH excluding ortho intramolecular Hbond substituents is 1. The predicted molar refractivity (Wildman–Crippen MR) is 101 cm³/mol. The molecule has 0 saturated carbocycles. The van der Waals surface area contributed by atoms with Crippen molar-refractivity contribution in [3.8, 4) is 11.5 Å². The maximum atomic E-state index is 12.8. The van der Waals surface area contributed by atoms with E-state index in [-0.39, 0.29) is 17.0 Å². The summed E-state index contributed by atoms with van der Waals surface area (Å²) in [5.41, 5.74) is 0.154. The second-order valence-electron chi connectivity index (χ2n) is 6.14. The number of barbiturate groups is 1. The predicted octanol–water partition coefficient (Wildman–Crippen LogP) is 2.28. The standard InChI is InChI=1S/C19H15N3O7/c1-10-3-5-12(6-4-10)21-18(25)13(17(24)20-19(21)26)7-11-8-14(22(27)28)16(23)15(9-11)29-2/h3-9,23H,1-2H3,(H,20,24,26)/b13-7+. The van der Waals surface area contributed by atoms with Crippen LogP contribution in [0, 0.1) is 17.0 Å². The van der Waals surface area contributed by atoms with Crippen molar-refractivity contribution >= 4 is 35.3 Å². The lowest BCUT2D eigenvalue weighted by molar-refractivity contribution is -0.386. The van der Waals surface area contributed by atoms with Crippen molar-refractivity contribution in [2.45, 2.75) is 6.92 Å². The molecular formula is C19H15N3O7. The number of urea groups is 1. The van der Waals surface area contributed by atoms with Gasteiger partial charge < -0.3 is 9.84 Å². The molecule has 10 heteroatoms. The van der Waals surface area contributed by atoms with Crippen LogP contribution in [0.5, 0.6) is 11.5 Å². The van der Waals surface area contributed by atoms with Crippen molar-refractivity contribution < 1.29 is 29.2 Å². The van der Waals surface area contributed by atoms with Gasteiger partial charge in [-0.3, -0.25) is 25.0 Å². The molecule has 2 aromatic carbocycles. The van der Waals surface area contributed by atoms with Crippen LogP contribution in [-0.2, 0) is 9.59 Å². The third-order valence-corrected chi connectivity index (χ3v) is 4.20. The van der Waals surface area contributed by atoms with Crippen molar-refractivity contribution in [2.24, 2.45) is 0 Å². The van der Waals surface area contributed by atoms with Gasteiger partial charge in [-0.15, -0.1) is 0 Å². The Balaban J connectivity index is 2.08. The van der Waals surface area contributed by atoms with E-state index in [4.69, 9.17) is 4.74 Å². The Morgan fingerprint density at radius 2 is 1.83 bits per heavy atom. The molecule has 0 aromatic heterocycles. The van der Waals surface area contributed by atoms with E-state index >= 15 is 0 Å². The number of methoxy groups -OCH3 is 1. The molecule has 1 saturated heterocycles. The number of nitrogens with one attached hydrogen (secondary N) is 1. The van der Waals surface area contributed by atoms with Gasteiger partial charge in [0, 0.05) is 6.07 Å². The van der Waals surface area contributed by atoms with E-state index < -0.39 is 39.8 Å². The molecule has 148 valence electrons. The largest absolute Gasteiger partial charge is 0.500 e. The van der Waals surface area contributed by atoms with Crippen molar-refractivity contribution in [3.05, 3.63) is 63.2 Å². The first-order valence-corrected chi connectivity index (χ1v) is 8.26. The van der Waals surface area contributed by atoms with Crippen LogP contribution in [0.2, 0.25) is 0 Å². The Kier molecular flexibility index (Phi) is 5.01. The van der Waals surface area contributed by atoms with Crippen molar-refractivity contribution in [1.29, 1.82) is 0 Å². The van der Waals surface area contributed by atoms with Crippen LogP contribution < -0.4 is 15.0 Å². The lowest BCUT2D eigenvalue weighted by atomic mass is 10.1. The van der Waals surface area contributed by atoms with Gasteiger partial charge in [-0.1, -0.05) is 17.7 Å². The van der Waals surface area contributed by atoms with Gasteiger partial charge in [0.25, 0.3) is 11.8 Å². The molecule has 29 heavy (non-hydrogen) atoms. The van der Waals surface area contributed by atoms with E-state index in [1.807, 2.05) is 6.92 Å². The summed E-state index contributed by atoms with van der Waals surface area (Å²) in [4.78, 5) is 48.4. The number of nitro benzene ring substituents is 1. The molecule has 2 aromatic rings. The highest BCUT2D eigenvalue weighted by Gasteiger charge is 2.37. The Labute approximate surface area is 164 Å². The first-order chi connectivity index (χ1) is 13.7. The second-order valence-corrected chi connectivity index (χ2v) is 6.14. The molecule has 0 radical (unpaired) electrons. The zero-order valence-corrected chi connectivity index (χ0v) is 15.3. The van der Waals surface area contributed by atoms with Gasteiger partial charge in [-0.2, -0.15) is 0 Å². The SMILES string of the molecule is COc1cc(/C=C2\C(=O)NC(=O)N(c3ccc(C)cc3)C2=O)cc([N+](=O)[O-])c1O. The molecule has 0 bridgehead atoms. The highest BCUT2D eigenvalue weighted by atomic mass is 16.6. The number of amides is 4. The first-order valence-electron chi connectivity index (χ1n) is 8.26. The number of nitro groups is 1. The number of rotatable bonds is 4. The maximum Gasteiger partial charge on any atom is 0.335 e. The summed E-state index contributed by atoms with van der Waals surface area (Å²) in [6, 6.07) is 7.80. The third kappa shape index (κ3) is 3.63. The maximum absolute atomic E-state index is 12.8. The van der Waals surface area contributed by atoms with Crippen molar-refractivity contribution in [2.75, 3.05) is 12.0 Å². The molecule has 1 heterocycles. The fraction of sp³-hybridized carbons (Fsp3) is 0.105. The third-order valence-electron chi connectivity index (χ3n) is 4.20. The average molecular weight is 397 g/mol. The summed E-state index contributed by atoms with van der Waals surface area (Å²) in [6.45, 7) is 1.84. The van der Waals surface area contributed by atoms with Crippen molar-refractivity contribution in [1.82, 2.24) is 5.32 Å². The molecule has 0 spiro atoms. The van der Waals surface area contributed by atoms with E-state index in [0.29, 0.717) is 0 Å². The number of hydrogen-bond donors (Lipinski definition) is 2. The van der Waals surface area contributed by atoms with Crippen LogP contribution in [0.15, 0.2) is 42.0 Å². The lowest BCUT2D eigenvalue weighted by Gasteiger charge is -2.26. The lowest BCUT2D eigenvalue weighted by Crippen LogP contribution is -2.54. The number of imide groups is 2. The quantitative estimate of drug-likeness (QED) is 0.349. The molecule has 4 amide bonds. The van der Waals surface area contributed by atoms with Gasteiger partial charge in [0.2, 0.25) is 5.75 Å². The second kappa shape index (κ2) is 7.43. The van der Waals surface area contributed by atoms with E-state index in [1.54, 1.807) is 24.3 Å². The summed E-state index contributed by atoms with van der Waals surface area (Å²) in [5, 5.41) is 23.1. The van der Waals surface area contributed by atoms with Crippen LogP contribution in [0.4, 0.5) is 16.2 Å². The number of carbonyl (C=O) groups is 3. The highest BCUT2D eigenvalue weighted by Crippen LogP contribution is 2.37. The number of ether oxygens (including phenoxy) is 1. The fourth-order valence-electron chi connectivity index (χ4n) is 2.74. The summed E-state index contributed by atoms with van der Waals surface area (Å²) >= 11 is 0. The Morgan fingerprint density at radius 1 is 1.17 bits per heavy atom. The Hall–Kier alpha value is -4.21. The summed E-state index contributed by atoms with van der Waals surface area (Å²) in [7, 11) is 1.20. The van der Waals surface area contributed by atoms with Crippen LogP contribution >= 0.6 is 0 Å². The Bertz CT molecular complexity index is 1070. The van der Waals surface area contributed by atoms with E-state index in [0.717, 1.165) is 22.6 Å². The molecule has 0 aliphatic carbocycles. The first kappa shape index (κ1) is 19.5.